The molecule has 1 aromatic rings. The fraction of sp³-hybridized carbons (Fsp3) is 0.750. The number of fused-ring (bicyclic) bond motifs is 7. The summed E-state index contributed by atoms with van der Waals surface area (Å²) >= 11 is 0. The molecule has 5 fully saturated rings. The van der Waals surface area contributed by atoms with Crippen LogP contribution in [0.3, 0.4) is 0 Å². The zero-order valence-corrected chi connectivity index (χ0v) is 20.2. The topological polar surface area (TPSA) is 81.5 Å². The number of hydrogen-bond donors (Lipinski definition) is 1. The Labute approximate surface area is 197 Å². The maximum atomic E-state index is 13.5. The molecular formula is C28H39N3O2. The van der Waals surface area contributed by atoms with Gasteiger partial charge in [0.1, 0.15) is 6.26 Å². The van der Waals surface area contributed by atoms with E-state index in [2.05, 4.69) is 23.8 Å². The van der Waals surface area contributed by atoms with E-state index in [4.69, 9.17) is 10.2 Å². The minimum Gasteiger partial charge on any atom is -0.444 e. The van der Waals surface area contributed by atoms with Crippen LogP contribution in [0.2, 0.25) is 0 Å². The van der Waals surface area contributed by atoms with Crippen molar-refractivity contribution in [3.63, 3.8) is 0 Å². The number of ketones is 1. The van der Waals surface area contributed by atoms with E-state index in [1.54, 1.807) is 12.4 Å². The molecule has 1 heterocycles. The normalized spacial score (nSPS) is 46.4. The Bertz CT molecular complexity index is 952. The summed E-state index contributed by atoms with van der Waals surface area (Å²) in [6.45, 7) is 5.17. The van der Waals surface area contributed by atoms with Gasteiger partial charge in [-0.1, -0.05) is 20.3 Å². The van der Waals surface area contributed by atoms with Crippen LogP contribution in [0.25, 0.3) is 5.57 Å². The molecule has 0 aromatic carbocycles. The largest absolute Gasteiger partial charge is 0.444 e. The summed E-state index contributed by atoms with van der Waals surface area (Å²) in [5, 5.41) is 0. The summed E-state index contributed by atoms with van der Waals surface area (Å²) in [5.74, 6) is 7.83. The second kappa shape index (κ2) is 8.09. The van der Waals surface area contributed by atoms with Gasteiger partial charge in [0.05, 0.1) is 18.3 Å². The second-order valence-corrected chi connectivity index (χ2v) is 12.3. The lowest BCUT2D eigenvalue weighted by molar-refractivity contribution is -0.132. The van der Waals surface area contributed by atoms with Crippen molar-refractivity contribution >= 4 is 17.6 Å². The molecule has 0 radical (unpaired) electrons. The van der Waals surface area contributed by atoms with E-state index in [1.165, 1.54) is 63.8 Å². The highest BCUT2D eigenvalue weighted by Crippen LogP contribution is 2.74. The highest BCUT2D eigenvalue weighted by Gasteiger charge is 2.70. The Morgan fingerprint density at radius 1 is 1.15 bits per heavy atom. The second-order valence-electron chi connectivity index (χ2n) is 12.3. The molecule has 5 aliphatic rings. The number of allylic oxidation sites excluding steroid dienone is 1. The molecule has 0 saturated heterocycles. The van der Waals surface area contributed by atoms with Crippen molar-refractivity contribution in [3.05, 3.63) is 24.6 Å². The summed E-state index contributed by atoms with van der Waals surface area (Å²) in [4.78, 5) is 22.1. The molecule has 6 rings (SSSR count). The first-order valence-corrected chi connectivity index (χ1v) is 13.4. The van der Waals surface area contributed by atoms with E-state index in [9.17, 15) is 4.79 Å². The van der Waals surface area contributed by atoms with Crippen molar-refractivity contribution in [2.45, 2.75) is 65.2 Å². The van der Waals surface area contributed by atoms with Gasteiger partial charge in [0, 0.05) is 18.3 Å². The summed E-state index contributed by atoms with van der Waals surface area (Å²) in [6.07, 6.45) is 17.3. The Morgan fingerprint density at radius 2 is 2.00 bits per heavy atom. The summed E-state index contributed by atoms with van der Waals surface area (Å²) in [7, 11) is 0. The Balaban J connectivity index is 1.17. The van der Waals surface area contributed by atoms with E-state index in [0.717, 1.165) is 41.4 Å². The molecule has 2 N–H and O–H groups in total. The van der Waals surface area contributed by atoms with Gasteiger partial charge in [0.25, 0.3) is 0 Å². The number of nitrogens with zero attached hydrogens (tertiary/aromatic N) is 2. The Morgan fingerprint density at radius 3 is 2.79 bits per heavy atom. The number of aliphatic imine (C=N–C) groups is 1. The van der Waals surface area contributed by atoms with Gasteiger partial charge >= 0.3 is 0 Å². The maximum absolute atomic E-state index is 13.5. The van der Waals surface area contributed by atoms with Crippen LogP contribution in [0, 0.1) is 58.7 Å². The van der Waals surface area contributed by atoms with Gasteiger partial charge in [-0.15, -0.1) is 0 Å². The molecule has 5 nitrogen and oxygen atoms in total. The fourth-order valence-electron chi connectivity index (χ4n) is 9.53. The van der Waals surface area contributed by atoms with Gasteiger partial charge < -0.3 is 10.2 Å². The number of rotatable bonds is 5. The first kappa shape index (κ1) is 21.6. The van der Waals surface area contributed by atoms with Gasteiger partial charge in [-0.2, -0.15) is 0 Å². The summed E-state index contributed by atoms with van der Waals surface area (Å²) < 4.78 is 5.31. The third-order valence-corrected chi connectivity index (χ3v) is 10.7. The van der Waals surface area contributed by atoms with Crippen LogP contribution in [-0.4, -0.2) is 23.5 Å². The molecule has 5 aliphatic carbocycles. The van der Waals surface area contributed by atoms with Gasteiger partial charge in [0.15, 0.2) is 5.78 Å². The van der Waals surface area contributed by atoms with Crippen LogP contribution in [-0.2, 0) is 4.79 Å². The highest BCUT2D eigenvalue weighted by atomic mass is 16.3. The van der Waals surface area contributed by atoms with Crippen LogP contribution in [0.5, 0.6) is 0 Å². The highest BCUT2D eigenvalue weighted by molar-refractivity contribution is 6.08. The van der Waals surface area contributed by atoms with Crippen LogP contribution < -0.4 is 5.73 Å². The summed E-state index contributed by atoms with van der Waals surface area (Å²) in [5.41, 5.74) is 6.52. The zero-order valence-electron chi connectivity index (χ0n) is 20.2. The van der Waals surface area contributed by atoms with Gasteiger partial charge in [-0.25, -0.2) is 4.98 Å². The lowest BCUT2D eigenvalue weighted by Gasteiger charge is -2.57. The van der Waals surface area contributed by atoms with E-state index in [0.29, 0.717) is 23.2 Å². The van der Waals surface area contributed by atoms with Gasteiger partial charge in [0.2, 0.25) is 5.89 Å². The van der Waals surface area contributed by atoms with Crippen LogP contribution in [0.15, 0.2) is 28.1 Å². The molecule has 10 unspecified atom stereocenters. The third-order valence-electron chi connectivity index (χ3n) is 10.7. The minimum atomic E-state index is 0.186. The number of aromatic nitrogens is 1. The number of hydrogen-bond acceptors (Lipinski definition) is 5. The van der Waals surface area contributed by atoms with Crippen LogP contribution in [0.1, 0.15) is 71.1 Å². The van der Waals surface area contributed by atoms with Crippen molar-refractivity contribution < 1.29 is 9.21 Å². The predicted octanol–water partition coefficient (Wildman–Crippen LogP) is 5.37. The fourth-order valence-corrected chi connectivity index (χ4v) is 9.53. The smallest absolute Gasteiger partial charge is 0.228 e. The van der Waals surface area contributed by atoms with E-state index in [1.807, 2.05) is 0 Å². The van der Waals surface area contributed by atoms with Crippen molar-refractivity contribution in [1.29, 1.82) is 0 Å². The molecule has 0 bridgehead atoms. The minimum absolute atomic E-state index is 0.186. The third kappa shape index (κ3) is 3.44. The van der Waals surface area contributed by atoms with Crippen molar-refractivity contribution in [1.82, 2.24) is 4.98 Å². The summed E-state index contributed by atoms with van der Waals surface area (Å²) in [6, 6.07) is 0. The Hall–Kier alpha value is -1.91. The quantitative estimate of drug-likeness (QED) is 0.612. The zero-order chi connectivity index (χ0) is 22.7. The van der Waals surface area contributed by atoms with E-state index >= 15 is 0 Å². The molecule has 0 spiro atoms. The number of oxazole rings is 1. The number of carbonyl (C=O) groups excluding carboxylic acids is 1. The molecule has 5 saturated carbocycles. The predicted molar refractivity (Wildman–Crippen MR) is 129 cm³/mol. The SMILES string of the molecule is CC1CCC2C(CCC3C2CCC2(C)C(C(=O)CN=CC(=CN)c4ncco4)C4CC4C32)C1. The molecule has 33 heavy (non-hydrogen) atoms. The van der Waals surface area contributed by atoms with E-state index in [-0.39, 0.29) is 17.9 Å². The Kier molecular flexibility index (Phi) is 5.30. The lowest BCUT2D eigenvalue weighted by Crippen LogP contribution is -2.51. The van der Waals surface area contributed by atoms with Crippen molar-refractivity contribution in [2.75, 3.05) is 6.54 Å². The lowest BCUT2D eigenvalue weighted by atomic mass is 9.48. The molecule has 1 aromatic heterocycles. The monoisotopic (exact) mass is 449 g/mol. The molecule has 0 amide bonds. The number of nitrogens with two attached hydrogens (primary N) is 1. The van der Waals surface area contributed by atoms with E-state index < -0.39 is 0 Å². The molecular weight excluding hydrogens is 410 g/mol. The van der Waals surface area contributed by atoms with Crippen LogP contribution in [0.4, 0.5) is 0 Å². The average molecular weight is 450 g/mol. The first-order chi connectivity index (χ1) is 16.0. The maximum Gasteiger partial charge on any atom is 0.228 e. The molecule has 0 aliphatic heterocycles. The molecule has 178 valence electrons. The van der Waals surface area contributed by atoms with Gasteiger partial charge in [-0.05, 0) is 97.7 Å². The molecule has 5 heteroatoms. The van der Waals surface area contributed by atoms with Crippen LogP contribution >= 0.6 is 0 Å². The average Bonchev–Trinajstić information content (AvgIpc) is 3.25. The standard InChI is InChI=1S/C28H39N3O2/c1-16-3-5-19-17(11-16)4-6-21-20(19)7-8-28(2)25(21)22-12-23(22)26(28)24(32)15-30-14-18(13-29)27-31-9-10-33-27/h9-10,13-14,16-17,19-23,25-26H,3-8,11-12,15,29H2,1-2H3. The van der Waals surface area contributed by atoms with Crippen molar-refractivity contribution in [3.8, 4) is 0 Å². The van der Waals surface area contributed by atoms with Gasteiger partial charge in [-0.3, -0.25) is 9.79 Å². The number of carbonyl (C=O) groups is 1. The number of Topliss-reactive ketones (excluding diaryl/α,β-unsaturated/α-hetero) is 1. The molecule has 10 atom stereocenters. The first-order valence-electron chi connectivity index (χ1n) is 13.4. The van der Waals surface area contributed by atoms with Crippen molar-refractivity contribution in [2.24, 2.45) is 69.4 Å².